The maximum Gasteiger partial charge on any atom is 0.253 e. The predicted octanol–water partition coefficient (Wildman–Crippen LogP) is 5.76. The van der Waals surface area contributed by atoms with Crippen LogP contribution in [0.15, 0.2) is 29.2 Å². The molecule has 5 heteroatoms. The van der Waals surface area contributed by atoms with E-state index < -0.39 is 15.1 Å². The van der Waals surface area contributed by atoms with Crippen molar-refractivity contribution in [3.05, 3.63) is 29.8 Å². The van der Waals surface area contributed by atoms with E-state index in [2.05, 4.69) is 6.92 Å². The minimum Gasteiger partial charge on any atom is -0.276 e. The zero-order valence-corrected chi connectivity index (χ0v) is 16.2. The summed E-state index contributed by atoms with van der Waals surface area (Å²) >= 11 is 5.47. The van der Waals surface area contributed by atoms with Gasteiger partial charge in [-0.05, 0) is 30.2 Å². The molecule has 0 saturated carbocycles. The van der Waals surface area contributed by atoms with E-state index in [1.54, 1.807) is 12.1 Å². The number of benzene rings is 1. The van der Waals surface area contributed by atoms with Gasteiger partial charge in [0.15, 0.2) is 9.84 Å². The van der Waals surface area contributed by atoms with Gasteiger partial charge in [-0.15, -0.1) is 0 Å². The second-order valence-corrected chi connectivity index (χ2v) is 8.69. The van der Waals surface area contributed by atoms with Crippen LogP contribution in [0, 0.1) is 0 Å². The Morgan fingerprint density at radius 1 is 0.875 bits per heavy atom. The van der Waals surface area contributed by atoms with E-state index in [-0.39, 0.29) is 16.2 Å². The monoisotopic (exact) mass is 372 g/mol. The third-order valence-electron chi connectivity index (χ3n) is 4.20. The number of hydrogen-bond donors (Lipinski definition) is 0. The maximum atomic E-state index is 12.4. The Morgan fingerprint density at radius 2 is 1.38 bits per heavy atom. The molecule has 24 heavy (non-hydrogen) atoms. The van der Waals surface area contributed by atoms with Gasteiger partial charge in [-0.25, -0.2) is 8.42 Å². The van der Waals surface area contributed by atoms with Gasteiger partial charge >= 0.3 is 0 Å². The molecule has 0 aromatic heterocycles. The highest BCUT2D eigenvalue weighted by atomic mass is 35.5. The Labute approximate surface area is 151 Å². The zero-order chi connectivity index (χ0) is 17.8. The Hall–Kier alpha value is -0.870. The van der Waals surface area contributed by atoms with Gasteiger partial charge < -0.3 is 0 Å². The lowest BCUT2D eigenvalue weighted by Crippen LogP contribution is -2.10. The first-order valence-electron chi connectivity index (χ1n) is 9.00. The average Bonchev–Trinajstić information content (AvgIpc) is 2.56. The topological polar surface area (TPSA) is 51.2 Å². The van der Waals surface area contributed by atoms with E-state index in [1.807, 2.05) is 0 Å². The first-order chi connectivity index (χ1) is 11.5. The largest absolute Gasteiger partial charge is 0.276 e. The third-order valence-corrected chi connectivity index (χ3v) is 6.26. The number of carbonyl (C=O) groups excluding carboxylic acids is 1. The van der Waals surface area contributed by atoms with Crippen LogP contribution in [0.4, 0.5) is 0 Å². The number of hydrogen-bond acceptors (Lipinski definition) is 3. The summed E-state index contributed by atoms with van der Waals surface area (Å²) in [5.74, 6) is 0.0741. The molecule has 0 aliphatic rings. The van der Waals surface area contributed by atoms with Gasteiger partial charge in [0.1, 0.15) is 0 Å². The molecule has 0 aliphatic heterocycles. The van der Waals surface area contributed by atoms with Crippen LogP contribution in [0.1, 0.15) is 81.5 Å². The van der Waals surface area contributed by atoms with Gasteiger partial charge in [-0.3, -0.25) is 4.79 Å². The van der Waals surface area contributed by atoms with Crippen LogP contribution in [0.25, 0.3) is 0 Å². The summed E-state index contributed by atoms with van der Waals surface area (Å²) < 4.78 is 24.8. The summed E-state index contributed by atoms with van der Waals surface area (Å²) in [4.78, 5) is 11.4. The van der Waals surface area contributed by atoms with Gasteiger partial charge in [0.2, 0.25) is 0 Å². The van der Waals surface area contributed by atoms with Crippen LogP contribution < -0.4 is 0 Å². The lowest BCUT2D eigenvalue weighted by molar-refractivity contribution is 0.107. The molecule has 0 unspecified atom stereocenters. The molecule has 136 valence electrons. The Morgan fingerprint density at radius 3 is 1.92 bits per heavy atom. The second kappa shape index (κ2) is 11.6. The number of halogens is 1. The normalized spacial score (nSPS) is 11.6. The smallest absolute Gasteiger partial charge is 0.253 e. The van der Waals surface area contributed by atoms with Crippen molar-refractivity contribution in [1.29, 1.82) is 0 Å². The molecule has 0 fully saturated rings. The van der Waals surface area contributed by atoms with Gasteiger partial charge in [0.05, 0.1) is 16.2 Å². The first-order valence-corrected chi connectivity index (χ1v) is 11.0. The molecular weight excluding hydrogens is 344 g/mol. The van der Waals surface area contributed by atoms with Crippen molar-refractivity contribution in [2.45, 2.75) is 76.0 Å². The summed E-state index contributed by atoms with van der Waals surface area (Å²) in [5, 5.41) is -0.725. The van der Waals surface area contributed by atoms with Crippen molar-refractivity contribution in [3.8, 4) is 0 Å². The van der Waals surface area contributed by atoms with Gasteiger partial charge in [0, 0.05) is 0 Å². The van der Waals surface area contributed by atoms with Crippen LogP contribution in [-0.4, -0.2) is 19.4 Å². The fourth-order valence-corrected chi connectivity index (χ4v) is 4.60. The quantitative estimate of drug-likeness (QED) is 0.326. The van der Waals surface area contributed by atoms with Crippen molar-refractivity contribution < 1.29 is 13.2 Å². The molecule has 0 N–H and O–H groups in total. The lowest BCUT2D eigenvalue weighted by atomic mass is 10.1. The van der Waals surface area contributed by atoms with Crippen molar-refractivity contribution in [2.75, 3.05) is 5.75 Å². The minimum absolute atomic E-state index is 0.0564. The molecule has 1 rings (SSSR count). The van der Waals surface area contributed by atoms with E-state index in [4.69, 9.17) is 11.6 Å². The Balaban J connectivity index is 2.29. The summed E-state index contributed by atoms with van der Waals surface area (Å²) in [6.07, 6.45) is 11.5. The van der Waals surface area contributed by atoms with Crippen molar-refractivity contribution in [2.24, 2.45) is 0 Å². The van der Waals surface area contributed by atoms with Crippen molar-refractivity contribution in [1.82, 2.24) is 0 Å². The summed E-state index contributed by atoms with van der Waals surface area (Å²) in [6.45, 7) is 2.22. The van der Waals surface area contributed by atoms with Gasteiger partial charge in [0.25, 0.3) is 5.24 Å². The maximum absolute atomic E-state index is 12.4. The molecule has 0 heterocycles. The number of carbonyl (C=O) groups is 1. The Bertz CT molecular complexity index is 596. The van der Waals surface area contributed by atoms with Crippen LogP contribution in [0.3, 0.4) is 0 Å². The highest BCUT2D eigenvalue weighted by Gasteiger charge is 2.20. The predicted molar refractivity (Wildman–Crippen MR) is 101 cm³/mol. The molecule has 0 spiro atoms. The van der Waals surface area contributed by atoms with Gasteiger partial charge in [-0.2, -0.15) is 0 Å². The van der Waals surface area contributed by atoms with E-state index in [0.29, 0.717) is 6.42 Å². The molecular formula is C19H29ClO3S. The highest BCUT2D eigenvalue weighted by molar-refractivity contribution is 7.91. The summed E-state index contributed by atoms with van der Waals surface area (Å²) in [7, 11) is -3.45. The standard InChI is InChI=1S/C19H29ClO3S/c1-2-3-4-5-6-7-8-9-10-13-16-24(22,23)18-15-12-11-14-17(18)19(20)21/h11-12,14-15H,2-10,13,16H2,1H3. The van der Waals surface area contributed by atoms with E-state index in [1.165, 1.54) is 57.1 Å². The van der Waals surface area contributed by atoms with E-state index in [0.717, 1.165) is 12.8 Å². The van der Waals surface area contributed by atoms with Crippen LogP contribution in [-0.2, 0) is 9.84 Å². The molecule has 0 amide bonds. The van der Waals surface area contributed by atoms with Crippen LogP contribution >= 0.6 is 11.6 Å². The molecule has 0 saturated heterocycles. The SMILES string of the molecule is CCCCCCCCCCCCS(=O)(=O)c1ccccc1C(=O)Cl. The second-order valence-electron chi connectivity index (χ2n) is 6.27. The molecule has 0 radical (unpaired) electrons. The fourth-order valence-electron chi connectivity index (χ4n) is 2.79. The zero-order valence-electron chi connectivity index (χ0n) is 14.6. The first kappa shape index (κ1) is 21.2. The average molecular weight is 373 g/mol. The molecule has 0 atom stereocenters. The summed E-state index contributed by atoms with van der Waals surface area (Å²) in [5.41, 5.74) is 0.0752. The van der Waals surface area contributed by atoms with Crippen molar-refractivity contribution in [3.63, 3.8) is 0 Å². The Kier molecular flexibility index (Phi) is 10.3. The summed E-state index contributed by atoms with van der Waals surface area (Å²) in [6, 6.07) is 6.16. The number of sulfone groups is 1. The van der Waals surface area contributed by atoms with Gasteiger partial charge in [-0.1, -0.05) is 76.8 Å². The number of unbranched alkanes of at least 4 members (excludes halogenated alkanes) is 9. The molecule has 1 aromatic carbocycles. The lowest BCUT2D eigenvalue weighted by Gasteiger charge is -2.08. The van der Waals surface area contributed by atoms with Crippen molar-refractivity contribution >= 4 is 26.7 Å². The molecule has 3 nitrogen and oxygen atoms in total. The molecule has 1 aromatic rings. The fraction of sp³-hybridized carbons (Fsp3) is 0.632. The molecule has 0 aliphatic carbocycles. The highest BCUT2D eigenvalue weighted by Crippen LogP contribution is 2.20. The van der Waals surface area contributed by atoms with E-state index in [9.17, 15) is 13.2 Å². The van der Waals surface area contributed by atoms with E-state index >= 15 is 0 Å². The third kappa shape index (κ3) is 7.80. The van der Waals surface area contributed by atoms with Crippen LogP contribution in [0.2, 0.25) is 0 Å². The number of rotatable bonds is 13. The minimum atomic E-state index is -3.45. The molecule has 0 bridgehead atoms. The van der Waals surface area contributed by atoms with Crippen LogP contribution in [0.5, 0.6) is 0 Å².